The molecule has 5 aliphatic rings. The average molecular weight is 897 g/mol. The maximum absolute atomic E-state index is 13.8. The Morgan fingerprint density at radius 1 is 0.862 bits per heavy atom. The third-order valence-electron chi connectivity index (χ3n) is 12.9. The number of amides is 6. The smallest absolute Gasteiger partial charge is 0.262 e. The zero-order chi connectivity index (χ0) is 41.4. The van der Waals surface area contributed by atoms with Gasteiger partial charge in [0.05, 0.1) is 45.6 Å². The number of rotatable bonds is 7. The van der Waals surface area contributed by atoms with Crippen LogP contribution in [-0.4, -0.2) is 92.7 Å². The maximum atomic E-state index is 13.8. The van der Waals surface area contributed by atoms with Crippen LogP contribution in [0.5, 0.6) is 5.75 Å². The number of fused-ring (bicyclic) bond motifs is 2. The summed E-state index contributed by atoms with van der Waals surface area (Å²) in [7, 11) is 0. The van der Waals surface area contributed by atoms with Crippen LogP contribution in [-0.2, 0) is 27.2 Å². The summed E-state index contributed by atoms with van der Waals surface area (Å²) < 4.78 is 7.40. The highest BCUT2D eigenvalue weighted by molar-refractivity contribution is 14.1. The number of carbonyl (C=O) groups excluding carboxylic acids is 6. The van der Waals surface area contributed by atoms with Gasteiger partial charge >= 0.3 is 0 Å². The fourth-order valence-electron chi connectivity index (χ4n) is 10.1. The molecular weight excluding hydrogens is 851 g/mol. The van der Waals surface area contributed by atoms with Crippen LogP contribution in [0.3, 0.4) is 0 Å². The van der Waals surface area contributed by atoms with Gasteiger partial charge in [-0.1, -0.05) is 27.7 Å². The van der Waals surface area contributed by atoms with Crippen LogP contribution in [0.4, 0.5) is 5.69 Å². The minimum Gasteiger partial charge on any atom is -0.489 e. The largest absolute Gasteiger partial charge is 0.489 e. The normalized spacial score (nSPS) is 23.6. The molecule has 2 aliphatic carbocycles. The van der Waals surface area contributed by atoms with Crippen LogP contribution < -0.4 is 15.0 Å². The second-order valence-electron chi connectivity index (χ2n) is 17.3. The van der Waals surface area contributed by atoms with Crippen LogP contribution >= 0.6 is 22.9 Å². The van der Waals surface area contributed by atoms with Crippen molar-refractivity contribution >= 4 is 64.0 Å². The van der Waals surface area contributed by atoms with E-state index in [0.717, 1.165) is 30.4 Å². The molecule has 3 aromatic carbocycles. The molecule has 58 heavy (non-hydrogen) atoms. The molecule has 6 amide bonds. The van der Waals surface area contributed by atoms with Crippen molar-refractivity contribution in [3.8, 4) is 11.8 Å². The van der Waals surface area contributed by atoms with E-state index in [0.29, 0.717) is 55.9 Å². The zero-order valence-corrected chi connectivity index (χ0v) is 35.3. The molecular formula is C44H45IN6O7. The lowest BCUT2D eigenvalue weighted by Gasteiger charge is -2.63. The van der Waals surface area contributed by atoms with Gasteiger partial charge < -0.3 is 19.9 Å². The molecule has 1 N–H and O–H groups in total. The summed E-state index contributed by atoms with van der Waals surface area (Å²) in [4.78, 5) is 84.0. The minimum absolute atomic E-state index is 0.0448. The third kappa shape index (κ3) is 6.51. The molecule has 0 spiro atoms. The minimum atomic E-state index is -1.01. The Hall–Kier alpha value is -5.30. The van der Waals surface area contributed by atoms with Crippen molar-refractivity contribution in [2.24, 2.45) is 16.7 Å². The number of benzene rings is 3. The summed E-state index contributed by atoms with van der Waals surface area (Å²) >= 11 is 1.62. The molecule has 1 saturated carbocycles. The van der Waals surface area contributed by atoms with Gasteiger partial charge in [0.15, 0.2) is 0 Å². The molecule has 3 fully saturated rings. The van der Waals surface area contributed by atoms with E-state index in [1.807, 2.05) is 48.2 Å². The van der Waals surface area contributed by atoms with E-state index in [9.17, 15) is 34.0 Å². The van der Waals surface area contributed by atoms with Crippen LogP contribution in [0, 0.1) is 35.0 Å². The first kappa shape index (κ1) is 39.5. The highest BCUT2D eigenvalue weighted by Crippen LogP contribution is 2.55. The van der Waals surface area contributed by atoms with Gasteiger partial charge in [0.1, 0.15) is 17.9 Å². The molecule has 300 valence electrons. The fourth-order valence-corrected chi connectivity index (χ4v) is 10.6. The number of piperidine rings is 1. The van der Waals surface area contributed by atoms with Gasteiger partial charge in [-0.05, 0) is 97.5 Å². The molecule has 1 atom stereocenters. The Bertz CT molecular complexity index is 2270. The Labute approximate surface area is 351 Å². The van der Waals surface area contributed by atoms with Gasteiger partial charge in [0.2, 0.25) is 11.8 Å². The number of hydrogen-bond acceptors (Lipinski definition) is 9. The summed E-state index contributed by atoms with van der Waals surface area (Å²) in [6.07, 6.45) is 0.950. The van der Waals surface area contributed by atoms with Crippen molar-refractivity contribution in [3.63, 3.8) is 0 Å². The standard InChI is InChI=1S/C44H45IN6O7/c1-24-18-31(11-8-26(24)23-46)58-42-43(2,3)41(44(42,4)5)47-36(53)25-6-9-30(10-7-25)48-14-16-49(17-15-48)37(54)29-19-27-21-32-33(22-28(27)20-29)39(56)50(38(32)55)34-12-13-35(52)51(45)40(34)57/h6-11,18,21-22,29,34,41-42H,12-17,19-20H2,1-5H3,(H,47,53). The first-order valence-electron chi connectivity index (χ1n) is 19.7. The summed E-state index contributed by atoms with van der Waals surface area (Å²) in [5, 5.41) is 12.6. The molecule has 1 unspecified atom stereocenters. The van der Waals surface area contributed by atoms with Crippen LogP contribution in [0.15, 0.2) is 54.6 Å². The summed E-state index contributed by atoms with van der Waals surface area (Å²) in [5.41, 5.74) is 4.51. The number of aryl methyl sites for hydroxylation is 1. The SMILES string of the molecule is Cc1cc(OC2C(C)(C)C(NC(=O)c3ccc(N4CCN(C(=O)C5Cc6cc7c(cc6C5)C(=O)N(C5CCC(=O)N(I)C5=O)C7=O)CC4)cc3)C2(C)C)ccc1C#N. The molecule has 0 radical (unpaired) electrons. The number of nitrogens with one attached hydrogen (secondary N) is 1. The zero-order valence-electron chi connectivity index (χ0n) is 33.1. The molecule has 8 rings (SSSR count). The van der Waals surface area contributed by atoms with Crippen molar-refractivity contribution in [1.29, 1.82) is 5.26 Å². The Balaban J connectivity index is 0.840. The lowest BCUT2D eigenvalue weighted by molar-refractivity contribution is -0.164. The third-order valence-corrected chi connectivity index (χ3v) is 13.9. The number of imide groups is 2. The molecule has 2 saturated heterocycles. The molecule has 3 heterocycles. The number of ether oxygens (including phenoxy) is 1. The lowest BCUT2D eigenvalue weighted by atomic mass is 9.49. The van der Waals surface area contributed by atoms with Gasteiger partial charge in [-0.3, -0.25) is 33.7 Å². The number of nitriles is 1. The second kappa shape index (κ2) is 14.5. The quantitative estimate of drug-likeness (QED) is 0.196. The number of anilines is 1. The van der Waals surface area contributed by atoms with Crippen molar-refractivity contribution in [2.75, 3.05) is 31.1 Å². The van der Waals surface area contributed by atoms with Gasteiger partial charge in [0.25, 0.3) is 23.6 Å². The fraction of sp³-hybridized carbons (Fsp3) is 0.432. The Morgan fingerprint density at radius 2 is 1.47 bits per heavy atom. The first-order chi connectivity index (χ1) is 27.5. The number of halogens is 1. The summed E-state index contributed by atoms with van der Waals surface area (Å²) in [6, 6.07) is 17.5. The topological polar surface area (TPSA) is 160 Å². The van der Waals surface area contributed by atoms with E-state index in [1.165, 1.54) is 0 Å². The number of carbonyl (C=O) groups is 6. The highest BCUT2D eigenvalue weighted by Gasteiger charge is 2.64. The lowest BCUT2D eigenvalue weighted by Crippen LogP contribution is -2.74. The van der Waals surface area contributed by atoms with E-state index < -0.39 is 23.8 Å². The van der Waals surface area contributed by atoms with Gasteiger partial charge in [0, 0.05) is 66.6 Å². The predicted octanol–water partition coefficient (Wildman–Crippen LogP) is 5.01. The van der Waals surface area contributed by atoms with E-state index in [2.05, 4.69) is 44.0 Å². The molecule has 14 heteroatoms. The average Bonchev–Trinajstić information content (AvgIpc) is 3.74. The molecule has 0 bridgehead atoms. The van der Waals surface area contributed by atoms with Crippen LogP contribution in [0.1, 0.15) is 93.9 Å². The molecule has 3 aliphatic heterocycles. The second-order valence-corrected chi connectivity index (χ2v) is 18.3. The molecule has 3 aromatic rings. The number of nitrogens with zero attached hydrogens (tertiary/aromatic N) is 5. The Morgan fingerprint density at radius 3 is 2.03 bits per heavy atom. The van der Waals surface area contributed by atoms with Crippen molar-refractivity contribution in [3.05, 3.63) is 93.5 Å². The molecule has 13 nitrogen and oxygen atoms in total. The van der Waals surface area contributed by atoms with Gasteiger partial charge in [-0.25, -0.2) is 3.11 Å². The molecule has 0 aromatic heterocycles. The van der Waals surface area contributed by atoms with E-state index in [-0.39, 0.29) is 70.6 Å². The maximum Gasteiger partial charge on any atom is 0.262 e. The van der Waals surface area contributed by atoms with Crippen LogP contribution in [0.25, 0.3) is 0 Å². The Kier molecular flexibility index (Phi) is 9.89. The van der Waals surface area contributed by atoms with Crippen molar-refractivity contribution < 1.29 is 33.5 Å². The van der Waals surface area contributed by atoms with Gasteiger partial charge in [-0.2, -0.15) is 5.26 Å². The van der Waals surface area contributed by atoms with E-state index in [1.54, 1.807) is 41.1 Å². The first-order valence-corrected chi connectivity index (χ1v) is 20.7. The number of piperazine rings is 1. The van der Waals surface area contributed by atoms with Crippen LogP contribution in [0.2, 0.25) is 0 Å². The van der Waals surface area contributed by atoms with Gasteiger partial charge in [-0.15, -0.1) is 0 Å². The summed E-state index contributed by atoms with van der Waals surface area (Å²) in [5.74, 6) is -1.70. The van der Waals surface area contributed by atoms with Crippen molar-refractivity contribution in [2.45, 2.75) is 78.5 Å². The monoisotopic (exact) mass is 896 g/mol. The summed E-state index contributed by atoms with van der Waals surface area (Å²) in [6.45, 7) is 12.6. The highest BCUT2D eigenvalue weighted by atomic mass is 127. The van der Waals surface area contributed by atoms with Crippen molar-refractivity contribution in [1.82, 2.24) is 18.2 Å². The van der Waals surface area contributed by atoms with E-state index in [4.69, 9.17) is 4.74 Å². The predicted molar refractivity (Wildman–Crippen MR) is 221 cm³/mol. The van der Waals surface area contributed by atoms with E-state index >= 15 is 0 Å². The number of hydrogen-bond donors (Lipinski definition) is 1.